The summed E-state index contributed by atoms with van der Waals surface area (Å²) in [6.45, 7) is 0. The second-order valence-corrected chi connectivity index (χ2v) is 12.9. The molecule has 0 atom stereocenters. The molecule has 2 nitrogen and oxygen atoms in total. The fraction of sp³-hybridized carbons (Fsp3) is 0.0213. The van der Waals surface area contributed by atoms with Crippen LogP contribution in [0.25, 0.3) is 66.2 Å². The Hall–Kier alpha value is -6.38. The maximum absolute atomic E-state index is 5.41. The van der Waals surface area contributed by atoms with E-state index in [1.54, 1.807) is 0 Å². The predicted octanol–water partition coefficient (Wildman–Crippen LogP) is 11.6. The summed E-state index contributed by atoms with van der Waals surface area (Å²) in [5, 5.41) is 4.70. The van der Waals surface area contributed by atoms with E-state index in [9.17, 15) is 0 Å². The Labute approximate surface area is 285 Å². The molecule has 228 valence electrons. The SMILES string of the molecule is c1ccc(-c2nc3ccc4ccccc4c3nc2-c2ccc3c4c(ccc3c2)C(c2ccccc2)(c2ccccc2)c2ccccc2-4)cc1. The van der Waals surface area contributed by atoms with Crippen LogP contribution in [-0.4, -0.2) is 9.97 Å². The third kappa shape index (κ3) is 4.07. The van der Waals surface area contributed by atoms with Gasteiger partial charge in [0.25, 0.3) is 0 Å². The van der Waals surface area contributed by atoms with Crippen LogP contribution in [0.4, 0.5) is 0 Å². The summed E-state index contributed by atoms with van der Waals surface area (Å²) in [5.74, 6) is 0. The first-order chi connectivity index (χ1) is 24.3. The highest BCUT2D eigenvalue weighted by Crippen LogP contribution is 2.57. The van der Waals surface area contributed by atoms with Gasteiger partial charge >= 0.3 is 0 Å². The Morgan fingerprint density at radius 3 is 1.80 bits per heavy atom. The van der Waals surface area contributed by atoms with E-state index in [1.807, 2.05) is 6.07 Å². The van der Waals surface area contributed by atoms with Crippen molar-refractivity contribution in [3.8, 4) is 33.6 Å². The zero-order valence-corrected chi connectivity index (χ0v) is 26.7. The first-order valence-electron chi connectivity index (χ1n) is 16.8. The highest BCUT2D eigenvalue weighted by atomic mass is 14.8. The average Bonchev–Trinajstić information content (AvgIpc) is 3.49. The van der Waals surface area contributed by atoms with Crippen LogP contribution >= 0.6 is 0 Å². The monoisotopic (exact) mass is 622 g/mol. The van der Waals surface area contributed by atoms with Crippen LogP contribution in [0, 0.1) is 0 Å². The summed E-state index contributed by atoms with van der Waals surface area (Å²) < 4.78 is 0. The van der Waals surface area contributed by atoms with Crippen LogP contribution in [0.15, 0.2) is 182 Å². The topological polar surface area (TPSA) is 25.8 Å². The Balaban J connectivity index is 1.25. The van der Waals surface area contributed by atoms with Crippen LogP contribution in [0.1, 0.15) is 22.3 Å². The van der Waals surface area contributed by atoms with Gasteiger partial charge in [0.1, 0.15) is 0 Å². The van der Waals surface area contributed by atoms with E-state index in [0.717, 1.165) is 44.3 Å². The molecule has 49 heavy (non-hydrogen) atoms. The van der Waals surface area contributed by atoms with E-state index in [2.05, 4.69) is 176 Å². The number of benzene rings is 8. The van der Waals surface area contributed by atoms with E-state index in [4.69, 9.17) is 9.97 Å². The molecule has 1 aliphatic rings. The maximum atomic E-state index is 5.41. The van der Waals surface area contributed by atoms with E-state index in [-0.39, 0.29) is 0 Å². The molecule has 1 aliphatic carbocycles. The number of nitrogens with zero attached hydrogens (tertiary/aromatic N) is 2. The minimum absolute atomic E-state index is 0.424. The lowest BCUT2D eigenvalue weighted by atomic mass is 9.67. The Morgan fingerprint density at radius 2 is 1.02 bits per heavy atom. The zero-order chi connectivity index (χ0) is 32.4. The van der Waals surface area contributed by atoms with Crippen LogP contribution in [0.3, 0.4) is 0 Å². The first-order valence-corrected chi connectivity index (χ1v) is 16.8. The van der Waals surface area contributed by atoms with Gasteiger partial charge in [0.2, 0.25) is 0 Å². The minimum atomic E-state index is -0.424. The van der Waals surface area contributed by atoms with Gasteiger partial charge in [0, 0.05) is 16.5 Å². The van der Waals surface area contributed by atoms with Crippen molar-refractivity contribution in [3.05, 3.63) is 204 Å². The van der Waals surface area contributed by atoms with E-state index >= 15 is 0 Å². The van der Waals surface area contributed by atoms with Crippen LogP contribution < -0.4 is 0 Å². The molecule has 0 radical (unpaired) electrons. The number of hydrogen-bond donors (Lipinski definition) is 0. The second-order valence-electron chi connectivity index (χ2n) is 12.9. The molecule has 0 N–H and O–H groups in total. The van der Waals surface area contributed by atoms with Crippen LogP contribution in [-0.2, 0) is 5.41 Å². The number of rotatable bonds is 4. The number of hydrogen-bond acceptors (Lipinski definition) is 2. The normalized spacial score (nSPS) is 13.1. The molecule has 0 amide bonds. The van der Waals surface area contributed by atoms with Crippen molar-refractivity contribution in [1.82, 2.24) is 9.97 Å². The molecule has 1 aromatic heterocycles. The zero-order valence-electron chi connectivity index (χ0n) is 26.7. The summed E-state index contributed by atoms with van der Waals surface area (Å²) >= 11 is 0. The largest absolute Gasteiger partial charge is 0.244 e. The highest BCUT2D eigenvalue weighted by molar-refractivity contribution is 6.07. The molecule has 0 unspecified atom stereocenters. The summed E-state index contributed by atoms with van der Waals surface area (Å²) in [6, 6.07) is 65.5. The lowest BCUT2D eigenvalue weighted by Gasteiger charge is -2.33. The predicted molar refractivity (Wildman–Crippen MR) is 203 cm³/mol. The van der Waals surface area contributed by atoms with E-state index < -0.39 is 5.41 Å². The van der Waals surface area contributed by atoms with Crippen molar-refractivity contribution in [2.75, 3.05) is 0 Å². The first kappa shape index (κ1) is 27.7. The van der Waals surface area contributed by atoms with Crippen molar-refractivity contribution in [2.45, 2.75) is 5.41 Å². The molecule has 8 aromatic carbocycles. The van der Waals surface area contributed by atoms with Crippen LogP contribution in [0.2, 0.25) is 0 Å². The van der Waals surface area contributed by atoms with Crippen molar-refractivity contribution in [1.29, 1.82) is 0 Å². The van der Waals surface area contributed by atoms with E-state index in [1.165, 1.54) is 44.2 Å². The maximum Gasteiger partial charge on any atom is 0.0973 e. The molecule has 0 aliphatic heterocycles. The van der Waals surface area contributed by atoms with Gasteiger partial charge in [-0.2, -0.15) is 0 Å². The fourth-order valence-electron chi connectivity index (χ4n) is 8.21. The number of fused-ring (bicyclic) bond motifs is 8. The smallest absolute Gasteiger partial charge is 0.0973 e. The van der Waals surface area contributed by atoms with Crippen molar-refractivity contribution in [3.63, 3.8) is 0 Å². The summed E-state index contributed by atoms with van der Waals surface area (Å²) in [5.41, 5.74) is 13.0. The molecule has 9 aromatic rings. The van der Waals surface area contributed by atoms with Gasteiger partial charge in [0.05, 0.1) is 27.8 Å². The lowest BCUT2D eigenvalue weighted by Crippen LogP contribution is -2.28. The molecule has 0 saturated carbocycles. The number of aromatic nitrogens is 2. The van der Waals surface area contributed by atoms with Crippen LogP contribution in [0.5, 0.6) is 0 Å². The summed E-state index contributed by atoms with van der Waals surface area (Å²) in [7, 11) is 0. The van der Waals surface area contributed by atoms with Gasteiger partial charge in [-0.05, 0) is 61.7 Å². The van der Waals surface area contributed by atoms with Gasteiger partial charge in [-0.1, -0.05) is 170 Å². The van der Waals surface area contributed by atoms with Gasteiger partial charge < -0.3 is 0 Å². The molecule has 0 spiro atoms. The Bertz CT molecular complexity index is 2660. The third-order valence-corrected chi connectivity index (χ3v) is 10.3. The van der Waals surface area contributed by atoms with E-state index in [0.29, 0.717) is 0 Å². The Kier molecular flexibility index (Phi) is 6.13. The molecule has 0 fully saturated rings. The van der Waals surface area contributed by atoms with Gasteiger partial charge in [-0.25, -0.2) is 9.97 Å². The molecule has 0 bridgehead atoms. The highest BCUT2D eigenvalue weighted by Gasteiger charge is 2.46. The Morgan fingerprint density at radius 1 is 0.388 bits per heavy atom. The fourth-order valence-corrected chi connectivity index (χ4v) is 8.21. The van der Waals surface area contributed by atoms with Gasteiger partial charge in [-0.3, -0.25) is 0 Å². The minimum Gasteiger partial charge on any atom is -0.244 e. The second kappa shape index (κ2) is 10.8. The molecular weight excluding hydrogens is 593 g/mol. The molecule has 2 heteroatoms. The molecule has 0 saturated heterocycles. The third-order valence-electron chi connectivity index (χ3n) is 10.3. The molecular formula is C47H30N2. The van der Waals surface area contributed by atoms with Gasteiger partial charge in [-0.15, -0.1) is 0 Å². The summed E-state index contributed by atoms with van der Waals surface area (Å²) in [6.07, 6.45) is 0. The van der Waals surface area contributed by atoms with Crippen molar-refractivity contribution >= 4 is 32.6 Å². The average molecular weight is 623 g/mol. The van der Waals surface area contributed by atoms with Gasteiger partial charge in [0.15, 0.2) is 0 Å². The quantitative estimate of drug-likeness (QED) is 0.183. The lowest BCUT2D eigenvalue weighted by molar-refractivity contribution is 0.769. The standard InChI is InChI=1S/C47H30N2/c1-4-15-32(16-5-1)44-45(49-46-38-21-11-10-14-31(38)26-29-42(46)48-44)34-24-27-37-33(30-34)25-28-41-43(37)39-22-12-13-23-40(39)47(41,35-17-6-2-7-18-35)36-19-8-3-9-20-36/h1-30H. The molecule has 1 heterocycles. The molecule has 10 rings (SSSR count). The van der Waals surface area contributed by atoms with Crippen molar-refractivity contribution < 1.29 is 0 Å². The van der Waals surface area contributed by atoms with Crippen molar-refractivity contribution in [2.24, 2.45) is 0 Å². The summed E-state index contributed by atoms with van der Waals surface area (Å²) in [4.78, 5) is 10.7.